The molecule has 0 N–H and O–H groups in total. The maximum Gasteiger partial charge on any atom is 0.00189 e. The molecule has 0 aromatic heterocycles. The van der Waals surface area contributed by atoms with Crippen LogP contribution in [-0.2, 0) is 0 Å². The first-order chi connectivity index (χ1) is 11.8. The summed E-state index contributed by atoms with van der Waals surface area (Å²) in [6.07, 6.45) is 21.4. The number of rotatable bonds is 16. The Bertz CT molecular complexity index is 354. The van der Waals surface area contributed by atoms with E-state index in [2.05, 4.69) is 44.2 Å². The minimum atomic E-state index is 1.27. The van der Waals surface area contributed by atoms with Gasteiger partial charge in [0.15, 0.2) is 0 Å². The summed E-state index contributed by atoms with van der Waals surface area (Å²) in [5.74, 6) is 1.55. The first-order valence-electron chi connectivity index (χ1n) is 10.7. The molecule has 1 aromatic rings. The number of hydrogen-bond acceptors (Lipinski definition) is 0. The van der Waals surface area contributed by atoms with Crippen molar-refractivity contribution in [2.24, 2.45) is 0 Å². The van der Waals surface area contributed by atoms with Crippen molar-refractivity contribution in [3.63, 3.8) is 0 Å². The summed E-state index contributed by atoms with van der Waals surface area (Å²) in [7, 11) is 0. The fourth-order valence-corrected chi connectivity index (χ4v) is 3.45. The minimum absolute atomic E-state index is 1.27. The highest BCUT2D eigenvalue weighted by Crippen LogP contribution is 2.21. The maximum absolute atomic E-state index is 2.29. The van der Waals surface area contributed by atoms with Crippen molar-refractivity contribution < 1.29 is 0 Å². The molecule has 0 aliphatic heterocycles. The third kappa shape index (κ3) is 11.7. The van der Waals surface area contributed by atoms with Crippen molar-refractivity contribution >= 4 is 0 Å². The normalized spacial score (nSPS) is 11.3. The lowest BCUT2D eigenvalue weighted by atomic mass is 9.95. The molecule has 1 radical (unpaired) electrons. The predicted molar refractivity (Wildman–Crippen MR) is 109 cm³/mol. The van der Waals surface area contributed by atoms with Gasteiger partial charge in [0.2, 0.25) is 0 Å². The van der Waals surface area contributed by atoms with Gasteiger partial charge in [-0.2, -0.15) is 0 Å². The van der Waals surface area contributed by atoms with Gasteiger partial charge in [0.05, 0.1) is 0 Å². The van der Waals surface area contributed by atoms with Crippen LogP contribution in [0.1, 0.15) is 116 Å². The van der Waals surface area contributed by atoms with Crippen LogP contribution >= 0.6 is 0 Å². The van der Waals surface area contributed by atoms with E-state index >= 15 is 0 Å². The molecule has 0 heterocycles. The highest BCUT2D eigenvalue weighted by Gasteiger charge is 2.04. The molecule has 1 rings (SSSR count). The maximum atomic E-state index is 2.29. The van der Waals surface area contributed by atoms with Crippen LogP contribution in [0.15, 0.2) is 30.3 Å². The summed E-state index contributed by atoms with van der Waals surface area (Å²) >= 11 is 0. The minimum Gasteiger partial charge on any atom is -0.0654 e. The second kappa shape index (κ2) is 15.7. The number of benzene rings is 1. The summed E-state index contributed by atoms with van der Waals surface area (Å²) in [4.78, 5) is 0. The largest absolute Gasteiger partial charge is 0.0654 e. The second-order valence-electron chi connectivity index (χ2n) is 7.49. The zero-order valence-corrected chi connectivity index (χ0v) is 16.5. The van der Waals surface area contributed by atoms with Gasteiger partial charge in [0.25, 0.3) is 0 Å². The van der Waals surface area contributed by atoms with E-state index in [1.54, 1.807) is 5.92 Å². The van der Waals surface area contributed by atoms with Gasteiger partial charge in [-0.1, -0.05) is 134 Å². The molecular formula is C24H41. The Kier molecular flexibility index (Phi) is 13.9. The molecule has 0 unspecified atom stereocenters. The van der Waals surface area contributed by atoms with E-state index in [9.17, 15) is 0 Å². The molecule has 0 nitrogen and oxygen atoms in total. The molecular weight excluding hydrogens is 288 g/mol. The lowest BCUT2D eigenvalue weighted by Crippen LogP contribution is -1.94. The fraction of sp³-hybridized carbons (Fsp3) is 0.708. The van der Waals surface area contributed by atoms with Gasteiger partial charge in [-0.25, -0.2) is 0 Å². The van der Waals surface area contributed by atoms with Gasteiger partial charge in [-0.3, -0.25) is 0 Å². The molecule has 0 amide bonds. The first kappa shape index (κ1) is 21.3. The molecule has 1 aromatic carbocycles. The van der Waals surface area contributed by atoms with Gasteiger partial charge in [-0.15, -0.1) is 0 Å². The predicted octanol–water partition coefficient (Wildman–Crippen LogP) is 8.50. The number of unbranched alkanes of at least 4 members (excludes halogenated alkanes) is 13. The van der Waals surface area contributed by atoms with Crippen LogP contribution in [0.5, 0.6) is 0 Å². The van der Waals surface area contributed by atoms with E-state index in [1.165, 1.54) is 102 Å². The van der Waals surface area contributed by atoms with Crippen molar-refractivity contribution in [3.8, 4) is 0 Å². The van der Waals surface area contributed by atoms with Crippen molar-refractivity contribution in [2.45, 2.75) is 110 Å². The third-order valence-electron chi connectivity index (χ3n) is 5.17. The topological polar surface area (TPSA) is 0 Å². The SMILES string of the molecule is CCCCCCCCCCCCCCCC[C](C)c1ccccc1. The average Bonchev–Trinajstić information content (AvgIpc) is 2.62. The molecule has 0 atom stereocenters. The fourth-order valence-electron chi connectivity index (χ4n) is 3.45. The molecule has 0 fully saturated rings. The van der Waals surface area contributed by atoms with Crippen LogP contribution in [0.3, 0.4) is 0 Å². The molecule has 0 bridgehead atoms. The Morgan fingerprint density at radius 1 is 0.583 bits per heavy atom. The van der Waals surface area contributed by atoms with Gasteiger partial charge >= 0.3 is 0 Å². The van der Waals surface area contributed by atoms with E-state index in [0.717, 1.165) is 0 Å². The van der Waals surface area contributed by atoms with Crippen molar-refractivity contribution in [2.75, 3.05) is 0 Å². The van der Waals surface area contributed by atoms with E-state index < -0.39 is 0 Å². The monoisotopic (exact) mass is 329 g/mol. The van der Waals surface area contributed by atoms with Crippen LogP contribution < -0.4 is 0 Å². The Morgan fingerprint density at radius 2 is 1.00 bits per heavy atom. The smallest absolute Gasteiger partial charge is 0.00189 e. The van der Waals surface area contributed by atoms with Crippen molar-refractivity contribution in [3.05, 3.63) is 41.8 Å². The van der Waals surface area contributed by atoms with Crippen LogP contribution in [0, 0.1) is 5.92 Å². The second-order valence-corrected chi connectivity index (χ2v) is 7.49. The van der Waals surface area contributed by atoms with E-state index in [1.807, 2.05) is 0 Å². The summed E-state index contributed by atoms with van der Waals surface area (Å²) in [5, 5.41) is 0. The third-order valence-corrected chi connectivity index (χ3v) is 5.17. The zero-order chi connectivity index (χ0) is 17.3. The molecule has 0 saturated heterocycles. The molecule has 137 valence electrons. The van der Waals surface area contributed by atoms with Crippen molar-refractivity contribution in [1.29, 1.82) is 0 Å². The zero-order valence-electron chi connectivity index (χ0n) is 16.5. The lowest BCUT2D eigenvalue weighted by molar-refractivity contribution is 0.534. The quantitative estimate of drug-likeness (QED) is 0.267. The summed E-state index contributed by atoms with van der Waals surface area (Å²) < 4.78 is 0. The van der Waals surface area contributed by atoms with Gasteiger partial charge < -0.3 is 0 Å². The molecule has 0 aliphatic rings. The van der Waals surface area contributed by atoms with Crippen LogP contribution in [0.25, 0.3) is 0 Å². The highest BCUT2D eigenvalue weighted by molar-refractivity contribution is 5.28. The Morgan fingerprint density at radius 3 is 1.46 bits per heavy atom. The summed E-state index contributed by atoms with van der Waals surface area (Å²) in [6.45, 7) is 4.58. The van der Waals surface area contributed by atoms with Crippen molar-refractivity contribution in [1.82, 2.24) is 0 Å². The molecule has 24 heavy (non-hydrogen) atoms. The van der Waals surface area contributed by atoms with E-state index in [0.29, 0.717) is 0 Å². The number of hydrogen-bond donors (Lipinski definition) is 0. The first-order valence-corrected chi connectivity index (χ1v) is 10.7. The van der Waals surface area contributed by atoms with Gasteiger partial charge in [0, 0.05) is 5.92 Å². The van der Waals surface area contributed by atoms with E-state index in [4.69, 9.17) is 0 Å². The van der Waals surface area contributed by atoms with Crippen LogP contribution in [-0.4, -0.2) is 0 Å². The van der Waals surface area contributed by atoms with Gasteiger partial charge in [0.1, 0.15) is 0 Å². The standard InChI is InChI=1S/C24H41/c1-3-4-5-6-7-8-9-10-11-12-13-14-15-17-20-23(2)24-21-18-16-19-22-24/h16,18-19,21-22H,3-15,17,20H2,1-2H3. The summed E-state index contributed by atoms with van der Waals surface area (Å²) in [6, 6.07) is 10.9. The van der Waals surface area contributed by atoms with Gasteiger partial charge in [-0.05, 0) is 12.0 Å². The average molecular weight is 330 g/mol. The highest BCUT2D eigenvalue weighted by atomic mass is 14.1. The Hall–Kier alpha value is -0.780. The van der Waals surface area contributed by atoms with E-state index in [-0.39, 0.29) is 0 Å². The molecule has 0 aliphatic carbocycles. The summed E-state index contributed by atoms with van der Waals surface area (Å²) in [5.41, 5.74) is 1.42. The van der Waals surface area contributed by atoms with Crippen LogP contribution in [0.4, 0.5) is 0 Å². The Labute approximate surface area is 152 Å². The molecule has 0 spiro atoms. The Balaban J connectivity index is 1.79. The molecule has 0 saturated carbocycles. The van der Waals surface area contributed by atoms with Crippen LogP contribution in [0.2, 0.25) is 0 Å². The lowest BCUT2D eigenvalue weighted by Gasteiger charge is -2.10. The molecule has 0 heteroatoms.